The van der Waals surface area contributed by atoms with Crippen molar-refractivity contribution in [2.24, 2.45) is 5.84 Å². The Morgan fingerprint density at radius 3 is 2.87 bits per heavy atom. The van der Waals surface area contributed by atoms with Gasteiger partial charge in [-0.15, -0.1) is 0 Å². The summed E-state index contributed by atoms with van der Waals surface area (Å²) in [6.07, 6.45) is 1.48. The minimum Gasteiger partial charge on any atom is -0.352 e. The molecule has 3 aromatic rings. The lowest BCUT2D eigenvalue weighted by molar-refractivity contribution is -0.346. The topological polar surface area (TPSA) is 97.1 Å². The normalized spacial score (nSPS) is 10.8. The average molecular weight is 335 g/mol. The van der Waals surface area contributed by atoms with E-state index < -0.39 is 11.7 Å². The summed E-state index contributed by atoms with van der Waals surface area (Å²) in [5.41, 5.74) is 4.30. The van der Waals surface area contributed by atoms with Gasteiger partial charge in [0.05, 0.1) is 11.3 Å². The fourth-order valence-corrected chi connectivity index (χ4v) is 2.60. The second-order valence-corrected chi connectivity index (χ2v) is 5.46. The van der Waals surface area contributed by atoms with E-state index in [2.05, 4.69) is 15.3 Å². The van der Waals surface area contributed by atoms with Gasteiger partial charge in [0.25, 0.3) is 5.91 Å². The van der Waals surface area contributed by atoms with E-state index in [9.17, 15) is 9.18 Å². The predicted molar refractivity (Wildman–Crippen MR) is 85.9 cm³/mol. The lowest BCUT2D eigenvalue weighted by Crippen LogP contribution is -2.30. The summed E-state index contributed by atoms with van der Waals surface area (Å²) in [7, 11) is 0. The minimum absolute atomic E-state index is 0.0294. The zero-order valence-electron chi connectivity index (χ0n) is 12.1. The molecule has 8 heteroatoms. The van der Waals surface area contributed by atoms with Crippen molar-refractivity contribution in [2.45, 2.75) is 6.92 Å². The van der Waals surface area contributed by atoms with Crippen LogP contribution in [0.25, 0.3) is 11.0 Å². The number of nitrogens with two attached hydrogens (primary N) is 1. The molecule has 0 aliphatic carbocycles. The molecule has 0 spiro atoms. The van der Waals surface area contributed by atoms with Crippen molar-refractivity contribution in [3.63, 3.8) is 0 Å². The van der Waals surface area contributed by atoms with Gasteiger partial charge in [-0.3, -0.25) is 10.2 Å². The van der Waals surface area contributed by atoms with E-state index in [1.165, 1.54) is 12.4 Å². The lowest BCUT2D eigenvalue weighted by Gasteiger charge is -2.14. The van der Waals surface area contributed by atoms with Crippen LogP contribution in [0, 0.1) is 12.7 Å². The summed E-state index contributed by atoms with van der Waals surface area (Å²) in [5, 5.41) is 3.52. The van der Waals surface area contributed by atoms with Gasteiger partial charge >= 0.3 is 0 Å². The number of imidazole rings is 1. The van der Waals surface area contributed by atoms with Crippen molar-refractivity contribution in [3.8, 4) is 0 Å². The SMILES string of the molecule is Cc1cc(Cl)ccc1Nc1c(C(=O)NN)cc2[nH]c[nH+]c2c1F. The van der Waals surface area contributed by atoms with Crippen LogP contribution in [0.4, 0.5) is 15.8 Å². The van der Waals surface area contributed by atoms with Crippen LogP contribution in [0.15, 0.2) is 30.6 Å². The van der Waals surface area contributed by atoms with Gasteiger partial charge in [-0.25, -0.2) is 15.8 Å². The number of amides is 1. The van der Waals surface area contributed by atoms with Gasteiger partial charge in [-0.1, -0.05) is 11.6 Å². The first-order chi connectivity index (χ1) is 11.0. The molecule has 118 valence electrons. The van der Waals surface area contributed by atoms with Gasteiger partial charge in [0.15, 0.2) is 11.3 Å². The van der Waals surface area contributed by atoms with Crippen LogP contribution < -0.4 is 21.6 Å². The van der Waals surface area contributed by atoms with Crippen LogP contribution in [-0.2, 0) is 0 Å². The van der Waals surface area contributed by atoms with Gasteiger partial charge in [-0.2, -0.15) is 4.39 Å². The van der Waals surface area contributed by atoms with Crippen molar-refractivity contribution in [1.82, 2.24) is 10.4 Å². The first-order valence-electron chi connectivity index (χ1n) is 6.76. The summed E-state index contributed by atoms with van der Waals surface area (Å²) in [6, 6.07) is 6.65. The first-order valence-corrected chi connectivity index (χ1v) is 7.14. The van der Waals surface area contributed by atoms with Gasteiger partial charge < -0.3 is 5.32 Å². The summed E-state index contributed by atoms with van der Waals surface area (Å²) < 4.78 is 14.8. The molecule has 1 aromatic heterocycles. The Hall–Kier alpha value is -2.64. The van der Waals surface area contributed by atoms with E-state index in [0.29, 0.717) is 16.2 Å². The molecule has 6 N–H and O–H groups in total. The highest BCUT2D eigenvalue weighted by Crippen LogP contribution is 2.30. The third kappa shape index (κ3) is 2.71. The molecular formula is C15H14ClFN5O+. The number of hydrazine groups is 1. The smallest absolute Gasteiger partial charge is 0.267 e. The number of hydrogen-bond donors (Lipinski definition) is 4. The summed E-state index contributed by atoms with van der Waals surface area (Å²) >= 11 is 5.93. The maximum absolute atomic E-state index is 14.8. The molecule has 0 bridgehead atoms. The Kier molecular flexibility index (Phi) is 3.89. The molecule has 0 radical (unpaired) electrons. The van der Waals surface area contributed by atoms with E-state index in [1.54, 1.807) is 18.2 Å². The van der Waals surface area contributed by atoms with Crippen molar-refractivity contribution in [1.29, 1.82) is 0 Å². The second kappa shape index (κ2) is 5.86. The molecule has 1 amide bonds. The molecule has 3 rings (SSSR count). The molecule has 6 nitrogen and oxygen atoms in total. The number of H-pyrrole nitrogens is 2. The van der Waals surface area contributed by atoms with E-state index in [-0.39, 0.29) is 16.8 Å². The zero-order valence-corrected chi connectivity index (χ0v) is 12.9. The number of benzene rings is 2. The maximum Gasteiger partial charge on any atom is 0.267 e. The van der Waals surface area contributed by atoms with Crippen molar-refractivity contribution in [2.75, 3.05) is 5.32 Å². The molecule has 0 saturated carbocycles. The van der Waals surface area contributed by atoms with E-state index >= 15 is 0 Å². The van der Waals surface area contributed by atoms with Crippen molar-refractivity contribution in [3.05, 3.63) is 52.6 Å². The quantitative estimate of drug-likeness (QED) is 0.336. The zero-order chi connectivity index (χ0) is 16.6. The number of aromatic amines is 2. The van der Waals surface area contributed by atoms with E-state index in [0.717, 1.165) is 5.56 Å². The molecule has 1 heterocycles. The number of aryl methyl sites for hydroxylation is 1. The average Bonchev–Trinajstić information content (AvgIpc) is 3.00. The Morgan fingerprint density at radius 1 is 1.39 bits per heavy atom. The molecule has 23 heavy (non-hydrogen) atoms. The number of nitrogens with one attached hydrogen (secondary N) is 4. The number of anilines is 2. The second-order valence-electron chi connectivity index (χ2n) is 5.03. The van der Waals surface area contributed by atoms with Crippen LogP contribution in [0.2, 0.25) is 5.02 Å². The van der Waals surface area contributed by atoms with Gasteiger partial charge in [0.1, 0.15) is 0 Å². The number of nitrogen functional groups attached to an aromatic ring is 1. The van der Waals surface area contributed by atoms with E-state index in [4.69, 9.17) is 17.4 Å². The fourth-order valence-electron chi connectivity index (χ4n) is 2.37. The molecule has 2 aromatic carbocycles. The Bertz CT molecular complexity index is 908. The molecular weight excluding hydrogens is 321 g/mol. The molecule has 0 atom stereocenters. The van der Waals surface area contributed by atoms with Crippen molar-refractivity contribution >= 4 is 39.9 Å². The highest BCUT2D eigenvalue weighted by Gasteiger charge is 2.22. The van der Waals surface area contributed by atoms with Crippen LogP contribution >= 0.6 is 11.6 Å². The standard InChI is InChI=1S/C15H13ClFN5O/c1-7-4-8(16)2-3-10(7)21-13-9(15(23)22-18)5-11-14(12(13)17)20-6-19-11/h2-6,21H,18H2,1H3,(H,19,20)(H,22,23)/p+1. The third-order valence-corrected chi connectivity index (χ3v) is 3.77. The van der Waals surface area contributed by atoms with Crippen molar-refractivity contribution < 1.29 is 14.2 Å². The lowest BCUT2D eigenvalue weighted by atomic mass is 10.1. The highest BCUT2D eigenvalue weighted by molar-refractivity contribution is 6.30. The molecule has 0 unspecified atom stereocenters. The number of fused-ring (bicyclic) bond motifs is 1. The minimum atomic E-state index is -0.602. The molecule has 0 aliphatic heterocycles. The monoisotopic (exact) mass is 334 g/mol. The van der Waals surface area contributed by atoms with Crippen LogP contribution in [0.1, 0.15) is 15.9 Å². The van der Waals surface area contributed by atoms with Crippen LogP contribution in [-0.4, -0.2) is 10.9 Å². The van der Waals surface area contributed by atoms with Crippen LogP contribution in [0.3, 0.4) is 0 Å². The molecule has 0 aliphatic rings. The maximum atomic E-state index is 14.8. The highest BCUT2D eigenvalue weighted by atomic mass is 35.5. The van der Waals surface area contributed by atoms with Gasteiger partial charge in [-0.05, 0) is 30.7 Å². The first kappa shape index (κ1) is 15.3. The van der Waals surface area contributed by atoms with E-state index in [1.807, 2.05) is 12.3 Å². The Labute approximate surface area is 135 Å². The summed E-state index contributed by atoms with van der Waals surface area (Å²) in [5.74, 6) is 4.01. The van der Waals surface area contributed by atoms with Gasteiger partial charge in [0, 0.05) is 16.8 Å². The summed E-state index contributed by atoms with van der Waals surface area (Å²) in [4.78, 5) is 17.6. The fraction of sp³-hybridized carbons (Fsp3) is 0.0667. The Balaban J connectivity index is 2.17. The predicted octanol–water partition coefficient (Wildman–Crippen LogP) is 2.43. The van der Waals surface area contributed by atoms with Crippen LogP contribution in [0.5, 0.6) is 0 Å². The number of aromatic nitrogens is 2. The number of halogens is 2. The number of carbonyl (C=O) groups excluding carboxylic acids is 1. The molecule has 0 fully saturated rings. The van der Waals surface area contributed by atoms with Gasteiger partial charge in [0.2, 0.25) is 11.8 Å². The third-order valence-electron chi connectivity index (χ3n) is 3.53. The number of hydrogen-bond acceptors (Lipinski definition) is 3. The Morgan fingerprint density at radius 2 is 2.17 bits per heavy atom. The largest absolute Gasteiger partial charge is 0.352 e. The number of rotatable bonds is 3. The summed E-state index contributed by atoms with van der Waals surface area (Å²) in [6.45, 7) is 1.83. The molecule has 0 saturated heterocycles. The number of carbonyl (C=O) groups is 1.